The maximum atomic E-state index is 11.5. The van der Waals surface area contributed by atoms with Crippen molar-refractivity contribution < 1.29 is 9.21 Å². The predicted molar refractivity (Wildman–Crippen MR) is 70.4 cm³/mol. The zero-order valence-corrected chi connectivity index (χ0v) is 9.90. The summed E-state index contributed by atoms with van der Waals surface area (Å²) in [4.78, 5) is 22.3. The molecule has 1 aromatic heterocycles. The Morgan fingerprint density at radius 3 is 2.44 bits per heavy atom. The lowest BCUT2D eigenvalue weighted by Crippen LogP contribution is -2.07. The van der Waals surface area contributed by atoms with Crippen LogP contribution in [0.4, 0.5) is 0 Å². The number of benzene rings is 2. The van der Waals surface area contributed by atoms with Gasteiger partial charge in [0.15, 0.2) is 6.29 Å². The molecular weight excluding hydrogens is 252 g/mol. The Bertz CT molecular complexity index is 833. The van der Waals surface area contributed by atoms with E-state index in [2.05, 4.69) is 0 Å². The Balaban J connectivity index is 2.55. The molecule has 0 aliphatic rings. The van der Waals surface area contributed by atoms with Gasteiger partial charge in [-0.25, -0.2) is 4.79 Å². The van der Waals surface area contributed by atoms with Gasteiger partial charge >= 0.3 is 5.63 Å². The lowest BCUT2D eigenvalue weighted by atomic mass is 10.1. The average Bonchev–Trinajstić information content (AvgIpc) is 2.37. The molecule has 0 aliphatic heterocycles. The molecule has 3 aromatic rings. The van der Waals surface area contributed by atoms with Crippen LogP contribution in [0.2, 0.25) is 5.02 Å². The highest BCUT2D eigenvalue weighted by Crippen LogP contribution is 2.28. The summed E-state index contributed by atoms with van der Waals surface area (Å²) >= 11 is 6.06. The molecule has 0 saturated carbocycles. The van der Waals surface area contributed by atoms with Gasteiger partial charge in [0.2, 0.25) is 0 Å². The topological polar surface area (TPSA) is 47.3 Å². The summed E-state index contributed by atoms with van der Waals surface area (Å²) in [6.07, 6.45) is 0.419. The second-order valence-corrected chi connectivity index (χ2v) is 4.31. The number of carbonyl (C=O) groups is 1. The van der Waals surface area contributed by atoms with Crippen LogP contribution >= 0.6 is 11.6 Å². The first-order chi connectivity index (χ1) is 8.70. The minimum atomic E-state index is -0.710. The Kier molecular flexibility index (Phi) is 2.42. The van der Waals surface area contributed by atoms with Crippen molar-refractivity contribution in [3.63, 3.8) is 0 Å². The Morgan fingerprint density at radius 1 is 1.11 bits per heavy atom. The Morgan fingerprint density at radius 2 is 1.78 bits per heavy atom. The molecule has 3 rings (SSSR count). The van der Waals surface area contributed by atoms with Gasteiger partial charge in [0.1, 0.15) is 11.1 Å². The van der Waals surface area contributed by atoms with Crippen molar-refractivity contribution in [1.82, 2.24) is 0 Å². The quantitative estimate of drug-likeness (QED) is 0.382. The number of halogens is 1. The fourth-order valence-electron chi connectivity index (χ4n) is 1.96. The summed E-state index contributed by atoms with van der Waals surface area (Å²) in [6, 6.07) is 11.2. The second-order valence-electron chi connectivity index (χ2n) is 3.93. The third kappa shape index (κ3) is 1.52. The van der Waals surface area contributed by atoms with Crippen LogP contribution < -0.4 is 5.63 Å². The lowest BCUT2D eigenvalue weighted by molar-refractivity contribution is 0.112. The number of rotatable bonds is 1. The minimum Gasteiger partial charge on any atom is -0.422 e. The van der Waals surface area contributed by atoms with E-state index in [1.165, 1.54) is 0 Å². The largest absolute Gasteiger partial charge is 0.422 e. The van der Waals surface area contributed by atoms with Crippen LogP contribution in [0.5, 0.6) is 0 Å². The molecule has 1 heterocycles. The van der Waals surface area contributed by atoms with Crippen molar-refractivity contribution in [3.8, 4) is 0 Å². The van der Waals surface area contributed by atoms with Gasteiger partial charge in [-0.2, -0.15) is 0 Å². The first kappa shape index (κ1) is 11.0. The van der Waals surface area contributed by atoms with Crippen molar-refractivity contribution in [3.05, 3.63) is 57.4 Å². The molecule has 0 fully saturated rings. The maximum Gasteiger partial charge on any atom is 0.348 e. The zero-order valence-electron chi connectivity index (χ0n) is 9.14. The Hall–Kier alpha value is -2.13. The van der Waals surface area contributed by atoms with E-state index in [0.29, 0.717) is 17.3 Å². The molecule has 4 heteroatoms. The van der Waals surface area contributed by atoms with E-state index in [1.807, 2.05) is 30.3 Å². The van der Waals surface area contributed by atoms with Gasteiger partial charge in [-0.05, 0) is 22.9 Å². The van der Waals surface area contributed by atoms with E-state index < -0.39 is 5.63 Å². The van der Waals surface area contributed by atoms with Crippen LogP contribution in [0.3, 0.4) is 0 Å². The summed E-state index contributed by atoms with van der Waals surface area (Å²) in [5.74, 6) is 0. The molecule has 0 aliphatic carbocycles. The first-order valence-corrected chi connectivity index (χ1v) is 5.69. The molecule has 0 amide bonds. The van der Waals surface area contributed by atoms with Gasteiger partial charge < -0.3 is 4.42 Å². The van der Waals surface area contributed by atoms with E-state index in [0.717, 1.165) is 10.8 Å². The molecule has 0 spiro atoms. The molecule has 3 nitrogen and oxygen atoms in total. The molecule has 0 N–H and O–H groups in total. The summed E-state index contributed by atoms with van der Waals surface area (Å²) in [5, 5.41) is 2.62. The van der Waals surface area contributed by atoms with Crippen molar-refractivity contribution in [1.29, 1.82) is 0 Å². The minimum absolute atomic E-state index is 0.139. The van der Waals surface area contributed by atoms with Gasteiger partial charge in [0.25, 0.3) is 0 Å². The molecule has 0 radical (unpaired) electrons. The van der Waals surface area contributed by atoms with Gasteiger partial charge in [-0.15, -0.1) is 0 Å². The summed E-state index contributed by atoms with van der Waals surface area (Å²) in [6.45, 7) is 0. The van der Waals surface area contributed by atoms with E-state index in [1.54, 1.807) is 6.07 Å². The summed E-state index contributed by atoms with van der Waals surface area (Å²) < 4.78 is 5.10. The highest BCUT2D eigenvalue weighted by Gasteiger charge is 2.12. The molecule has 2 aromatic carbocycles. The van der Waals surface area contributed by atoms with Crippen LogP contribution in [0, 0.1) is 0 Å². The normalized spacial score (nSPS) is 10.9. The van der Waals surface area contributed by atoms with Crippen LogP contribution in [0.1, 0.15) is 10.4 Å². The monoisotopic (exact) mass is 258 g/mol. The van der Waals surface area contributed by atoms with E-state index in [-0.39, 0.29) is 10.6 Å². The number of hydrogen-bond donors (Lipinski definition) is 0. The fourth-order valence-corrected chi connectivity index (χ4v) is 2.23. The number of fused-ring (bicyclic) bond motifs is 2. The lowest BCUT2D eigenvalue weighted by Gasteiger charge is -2.04. The molecular formula is C14H7ClO3. The van der Waals surface area contributed by atoms with Gasteiger partial charge in [-0.3, -0.25) is 4.79 Å². The highest BCUT2D eigenvalue weighted by molar-refractivity contribution is 6.37. The summed E-state index contributed by atoms with van der Waals surface area (Å²) in [7, 11) is 0. The highest BCUT2D eigenvalue weighted by atomic mass is 35.5. The van der Waals surface area contributed by atoms with E-state index in [4.69, 9.17) is 16.0 Å². The molecule has 0 bridgehead atoms. The van der Waals surface area contributed by atoms with Gasteiger partial charge in [0, 0.05) is 5.39 Å². The fraction of sp³-hybridized carbons (Fsp3) is 0. The van der Waals surface area contributed by atoms with Crippen molar-refractivity contribution >= 4 is 39.6 Å². The number of hydrogen-bond acceptors (Lipinski definition) is 3. The van der Waals surface area contributed by atoms with Gasteiger partial charge in [0.05, 0.1) is 5.02 Å². The number of aldehydes is 1. The smallest absolute Gasteiger partial charge is 0.348 e. The number of carbonyl (C=O) groups excluding carboxylic acids is 1. The van der Waals surface area contributed by atoms with Crippen molar-refractivity contribution in [2.45, 2.75) is 0 Å². The third-order valence-electron chi connectivity index (χ3n) is 2.86. The zero-order chi connectivity index (χ0) is 12.7. The van der Waals surface area contributed by atoms with E-state index >= 15 is 0 Å². The molecule has 88 valence electrons. The average molecular weight is 259 g/mol. The molecule has 18 heavy (non-hydrogen) atoms. The molecule has 0 saturated heterocycles. The van der Waals surface area contributed by atoms with Crippen LogP contribution in [0.15, 0.2) is 45.6 Å². The van der Waals surface area contributed by atoms with Crippen molar-refractivity contribution in [2.24, 2.45) is 0 Å². The summed E-state index contributed by atoms with van der Waals surface area (Å²) in [5.41, 5.74) is -0.466. The molecule has 0 atom stereocenters. The third-order valence-corrected chi connectivity index (χ3v) is 3.27. The maximum absolute atomic E-state index is 11.5. The van der Waals surface area contributed by atoms with Crippen LogP contribution in [-0.2, 0) is 0 Å². The first-order valence-electron chi connectivity index (χ1n) is 5.31. The van der Waals surface area contributed by atoms with E-state index in [9.17, 15) is 9.59 Å². The second kappa shape index (κ2) is 3.96. The predicted octanol–water partition coefficient (Wildman–Crippen LogP) is 3.41. The van der Waals surface area contributed by atoms with Crippen LogP contribution in [-0.4, -0.2) is 6.29 Å². The SMILES string of the molecule is O=Cc1c(Cl)c2cc3ccccc3cc2oc1=O. The standard InChI is InChI=1S/C14H7ClO3/c15-13-10-5-8-3-1-2-4-9(8)6-12(10)18-14(17)11(13)7-16/h1-7H. The van der Waals surface area contributed by atoms with Crippen LogP contribution in [0.25, 0.3) is 21.7 Å². The van der Waals surface area contributed by atoms with Crippen molar-refractivity contribution in [2.75, 3.05) is 0 Å². The Labute approximate surface area is 107 Å². The molecule has 0 unspecified atom stereocenters. The van der Waals surface area contributed by atoms with Gasteiger partial charge in [-0.1, -0.05) is 35.9 Å².